The van der Waals surface area contributed by atoms with Gasteiger partial charge in [-0.1, -0.05) is 38.3 Å². The maximum absolute atomic E-state index is 13.1. The Morgan fingerprint density at radius 1 is 1.19 bits per heavy atom. The van der Waals surface area contributed by atoms with Crippen molar-refractivity contribution in [2.24, 2.45) is 5.73 Å². The highest BCUT2D eigenvalue weighted by Gasteiger charge is 2.41. The minimum absolute atomic E-state index is 0.0119. The molecule has 1 saturated heterocycles. The molecule has 1 unspecified atom stereocenters. The van der Waals surface area contributed by atoms with Crippen molar-refractivity contribution in [2.75, 3.05) is 19.6 Å². The number of nitrogens with zero attached hydrogens (tertiary/aromatic N) is 2. The van der Waals surface area contributed by atoms with E-state index in [9.17, 15) is 9.59 Å². The average molecular weight is 357 g/mol. The predicted molar refractivity (Wildman–Crippen MR) is 103 cm³/mol. The summed E-state index contributed by atoms with van der Waals surface area (Å²) in [5.41, 5.74) is 7.31. The summed E-state index contributed by atoms with van der Waals surface area (Å²) in [4.78, 5) is 29.3. The molecule has 2 aliphatic heterocycles. The van der Waals surface area contributed by atoms with E-state index >= 15 is 0 Å². The monoisotopic (exact) mass is 357 g/mol. The Morgan fingerprint density at radius 3 is 2.58 bits per heavy atom. The van der Waals surface area contributed by atoms with Crippen LogP contribution in [-0.4, -0.2) is 47.3 Å². The number of benzene rings is 1. The van der Waals surface area contributed by atoms with E-state index < -0.39 is 5.91 Å². The molecular formula is C21H31N3O2. The number of fused-ring (bicyclic) bond motifs is 1. The van der Waals surface area contributed by atoms with Crippen LogP contribution in [0.4, 0.5) is 0 Å². The SMILES string of the molecule is CCCCCCN1CCC(N2C(=O)c3c(C(N)=O)cccc3C2C)CC1. The zero-order valence-corrected chi connectivity index (χ0v) is 16.0. The van der Waals surface area contributed by atoms with E-state index in [4.69, 9.17) is 5.73 Å². The van der Waals surface area contributed by atoms with Gasteiger partial charge in [-0.2, -0.15) is 0 Å². The molecule has 26 heavy (non-hydrogen) atoms. The second-order valence-corrected chi connectivity index (χ2v) is 7.66. The third-order valence-electron chi connectivity index (χ3n) is 5.96. The number of rotatable bonds is 7. The molecule has 0 radical (unpaired) electrons. The third kappa shape index (κ3) is 3.63. The average Bonchev–Trinajstić information content (AvgIpc) is 2.90. The molecule has 5 nitrogen and oxygen atoms in total. The van der Waals surface area contributed by atoms with Crippen molar-refractivity contribution >= 4 is 11.8 Å². The van der Waals surface area contributed by atoms with Crippen molar-refractivity contribution in [1.29, 1.82) is 0 Å². The third-order valence-corrected chi connectivity index (χ3v) is 5.96. The molecule has 0 bridgehead atoms. The van der Waals surface area contributed by atoms with Gasteiger partial charge in [-0.25, -0.2) is 0 Å². The zero-order chi connectivity index (χ0) is 18.7. The minimum atomic E-state index is -0.522. The molecule has 0 saturated carbocycles. The number of primary amides is 1. The molecule has 0 spiro atoms. The number of hydrogen-bond donors (Lipinski definition) is 1. The van der Waals surface area contributed by atoms with Crippen LogP contribution in [0.15, 0.2) is 18.2 Å². The Labute approximate surface area is 156 Å². The number of carbonyl (C=O) groups is 2. The van der Waals surface area contributed by atoms with Gasteiger partial charge in [-0.15, -0.1) is 0 Å². The highest BCUT2D eigenvalue weighted by atomic mass is 16.2. The molecule has 2 aliphatic rings. The van der Waals surface area contributed by atoms with Crippen molar-refractivity contribution < 1.29 is 9.59 Å². The largest absolute Gasteiger partial charge is 0.366 e. The molecule has 1 atom stereocenters. The summed E-state index contributed by atoms with van der Waals surface area (Å²) in [6, 6.07) is 5.70. The van der Waals surface area contributed by atoms with Crippen LogP contribution in [0.1, 0.15) is 84.7 Å². The van der Waals surface area contributed by atoms with Gasteiger partial charge in [0.2, 0.25) is 5.91 Å². The molecule has 1 aromatic rings. The lowest BCUT2D eigenvalue weighted by atomic mass is 9.99. The normalized spacial score (nSPS) is 21.2. The number of nitrogens with two attached hydrogens (primary N) is 1. The van der Waals surface area contributed by atoms with Gasteiger partial charge in [0.15, 0.2) is 0 Å². The first-order valence-corrected chi connectivity index (χ1v) is 10.0. The minimum Gasteiger partial charge on any atom is -0.366 e. The lowest BCUT2D eigenvalue weighted by molar-refractivity contribution is 0.0517. The summed E-state index contributed by atoms with van der Waals surface area (Å²) >= 11 is 0. The number of unbranched alkanes of at least 4 members (excludes halogenated alkanes) is 3. The first kappa shape index (κ1) is 18.9. The smallest absolute Gasteiger partial charge is 0.255 e. The fraction of sp³-hybridized carbons (Fsp3) is 0.619. The molecule has 0 aromatic heterocycles. The van der Waals surface area contributed by atoms with Gasteiger partial charge in [0, 0.05) is 19.1 Å². The second kappa shape index (κ2) is 8.21. The Morgan fingerprint density at radius 2 is 1.92 bits per heavy atom. The Hall–Kier alpha value is -1.88. The maximum Gasteiger partial charge on any atom is 0.255 e. The summed E-state index contributed by atoms with van der Waals surface area (Å²) in [7, 11) is 0. The van der Waals surface area contributed by atoms with Crippen LogP contribution in [0.25, 0.3) is 0 Å². The van der Waals surface area contributed by atoms with Crippen molar-refractivity contribution in [1.82, 2.24) is 9.80 Å². The molecule has 0 aliphatic carbocycles. The number of piperidine rings is 1. The summed E-state index contributed by atoms with van der Waals surface area (Å²) in [6.45, 7) is 7.56. The molecule has 1 aromatic carbocycles. The van der Waals surface area contributed by atoms with E-state index in [2.05, 4.69) is 18.7 Å². The Bertz CT molecular complexity index is 665. The van der Waals surface area contributed by atoms with Crippen LogP contribution in [0.2, 0.25) is 0 Å². The van der Waals surface area contributed by atoms with Crippen molar-refractivity contribution in [3.05, 3.63) is 34.9 Å². The number of likely N-dealkylation sites (tertiary alicyclic amines) is 1. The van der Waals surface area contributed by atoms with Gasteiger partial charge in [0.1, 0.15) is 0 Å². The van der Waals surface area contributed by atoms with E-state index in [0.717, 1.165) is 31.5 Å². The second-order valence-electron chi connectivity index (χ2n) is 7.66. The zero-order valence-electron chi connectivity index (χ0n) is 16.0. The highest BCUT2D eigenvalue weighted by molar-refractivity contribution is 6.09. The number of hydrogen-bond acceptors (Lipinski definition) is 3. The fourth-order valence-electron chi connectivity index (χ4n) is 4.48. The van der Waals surface area contributed by atoms with Crippen LogP contribution in [0.3, 0.4) is 0 Å². The lowest BCUT2D eigenvalue weighted by Gasteiger charge is -2.38. The molecular weight excluding hydrogens is 326 g/mol. The molecule has 142 valence electrons. The summed E-state index contributed by atoms with van der Waals surface area (Å²) in [5.74, 6) is -0.547. The van der Waals surface area contributed by atoms with Crippen LogP contribution in [-0.2, 0) is 0 Å². The number of amides is 2. The van der Waals surface area contributed by atoms with Crippen molar-refractivity contribution in [3.63, 3.8) is 0 Å². The summed E-state index contributed by atoms with van der Waals surface area (Å²) < 4.78 is 0. The molecule has 2 N–H and O–H groups in total. The van der Waals surface area contributed by atoms with Crippen molar-refractivity contribution in [3.8, 4) is 0 Å². The van der Waals surface area contributed by atoms with Crippen LogP contribution < -0.4 is 5.73 Å². The van der Waals surface area contributed by atoms with Gasteiger partial charge < -0.3 is 15.5 Å². The van der Waals surface area contributed by atoms with Crippen LogP contribution >= 0.6 is 0 Å². The van der Waals surface area contributed by atoms with E-state index in [1.54, 1.807) is 6.07 Å². The molecule has 2 amide bonds. The predicted octanol–water partition coefficient (Wildman–Crippen LogP) is 3.35. The lowest BCUT2D eigenvalue weighted by Crippen LogP contribution is -2.46. The standard InChI is InChI=1S/C21H31N3O2/c1-3-4-5-6-12-23-13-10-16(11-14-23)24-15(2)17-8-7-9-18(20(22)25)19(17)21(24)26/h7-9,15-16H,3-6,10-14H2,1-2H3,(H2,22,25). The maximum atomic E-state index is 13.1. The summed E-state index contributed by atoms with van der Waals surface area (Å²) in [6.07, 6.45) is 7.17. The topological polar surface area (TPSA) is 66.6 Å². The van der Waals surface area contributed by atoms with E-state index in [0.29, 0.717) is 11.1 Å². The van der Waals surface area contributed by atoms with E-state index in [-0.39, 0.29) is 18.0 Å². The van der Waals surface area contributed by atoms with E-state index in [1.165, 1.54) is 32.2 Å². The molecule has 5 heteroatoms. The van der Waals surface area contributed by atoms with Gasteiger partial charge in [-0.05, 0) is 44.4 Å². The van der Waals surface area contributed by atoms with Gasteiger partial charge >= 0.3 is 0 Å². The first-order chi connectivity index (χ1) is 12.5. The number of carbonyl (C=O) groups excluding carboxylic acids is 2. The Balaban J connectivity index is 1.64. The van der Waals surface area contributed by atoms with Crippen LogP contribution in [0.5, 0.6) is 0 Å². The summed E-state index contributed by atoms with van der Waals surface area (Å²) in [5, 5.41) is 0. The van der Waals surface area contributed by atoms with E-state index in [1.807, 2.05) is 17.0 Å². The fourth-order valence-corrected chi connectivity index (χ4v) is 4.48. The Kier molecular flexibility index (Phi) is 5.97. The molecule has 2 heterocycles. The van der Waals surface area contributed by atoms with Gasteiger partial charge in [0.25, 0.3) is 5.91 Å². The van der Waals surface area contributed by atoms with Crippen molar-refractivity contribution in [2.45, 2.75) is 64.5 Å². The van der Waals surface area contributed by atoms with Gasteiger partial charge in [0.05, 0.1) is 17.2 Å². The first-order valence-electron chi connectivity index (χ1n) is 10.0. The van der Waals surface area contributed by atoms with Gasteiger partial charge in [-0.3, -0.25) is 9.59 Å². The molecule has 3 rings (SSSR count). The highest BCUT2D eigenvalue weighted by Crippen LogP contribution is 2.38. The quantitative estimate of drug-likeness (QED) is 0.761. The molecule has 1 fully saturated rings. The van der Waals surface area contributed by atoms with Crippen LogP contribution in [0, 0.1) is 0 Å².